The van der Waals surface area contributed by atoms with E-state index in [2.05, 4.69) is 15.1 Å². The maximum Gasteiger partial charge on any atom is 0.224 e. The van der Waals surface area contributed by atoms with Gasteiger partial charge in [-0.25, -0.2) is 4.39 Å². The molecule has 2 aliphatic rings. The Morgan fingerprint density at radius 2 is 1.93 bits per heavy atom. The van der Waals surface area contributed by atoms with Crippen molar-refractivity contribution in [2.24, 2.45) is 5.92 Å². The molecule has 1 N–H and O–H groups in total. The van der Waals surface area contributed by atoms with Gasteiger partial charge in [-0.05, 0) is 63.0 Å². The van der Waals surface area contributed by atoms with Gasteiger partial charge in [0.05, 0.1) is 12.5 Å². The zero-order valence-electron chi connectivity index (χ0n) is 16.3. The monoisotopic (exact) mass is 377 g/mol. The number of benzene rings is 1. The summed E-state index contributed by atoms with van der Waals surface area (Å²) in [5.41, 5.74) is 1.17. The second kappa shape index (κ2) is 10.2. The van der Waals surface area contributed by atoms with Gasteiger partial charge in [-0.2, -0.15) is 0 Å². The molecule has 3 rings (SSSR count). The lowest BCUT2D eigenvalue weighted by Crippen LogP contribution is -2.50. The quantitative estimate of drug-likeness (QED) is 0.741. The van der Waals surface area contributed by atoms with Gasteiger partial charge in [-0.1, -0.05) is 12.1 Å². The molecule has 2 saturated heterocycles. The van der Waals surface area contributed by atoms with E-state index in [1.165, 1.54) is 17.7 Å². The number of ether oxygens (including phenoxy) is 1. The van der Waals surface area contributed by atoms with E-state index >= 15 is 0 Å². The highest BCUT2D eigenvalue weighted by Gasteiger charge is 2.31. The predicted octanol–water partition coefficient (Wildman–Crippen LogP) is 2.26. The van der Waals surface area contributed by atoms with Gasteiger partial charge in [0.2, 0.25) is 5.91 Å². The van der Waals surface area contributed by atoms with Crippen molar-refractivity contribution >= 4 is 5.91 Å². The summed E-state index contributed by atoms with van der Waals surface area (Å²) in [6.07, 6.45) is 4.36. The molecule has 2 aliphatic heterocycles. The van der Waals surface area contributed by atoms with Crippen molar-refractivity contribution in [1.82, 2.24) is 15.1 Å². The summed E-state index contributed by atoms with van der Waals surface area (Å²) in [5, 5.41) is 2.99. The lowest BCUT2D eigenvalue weighted by atomic mass is 9.93. The van der Waals surface area contributed by atoms with Crippen LogP contribution in [0.5, 0.6) is 0 Å². The van der Waals surface area contributed by atoms with Crippen LogP contribution in [0.25, 0.3) is 0 Å². The van der Waals surface area contributed by atoms with Crippen LogP contribution in [0.2, 0.25) is 0 Å². The molecule has 5 nitrogen and oxygen atoms in total. The summed E-state index contributed by atoms with van der Waals surface area (Å²) >= 11 is 0. The Balaban J connectivity index is 1.43. The Morgan fingerprint density at radius 3 is 2.63 bits per heavy atom. The molecule has 0 radical (unpaired) electrons. The van der Waals surface area contributed by atoms with Gasteiger partial charge in [-0.3, -0.25) is 14.6 Å². The number of nitrogens with one attached hydrogen (secondary N) is 1. The third-order valence-corrected chi connectivity index (χ3v) is 5.82. The number of carbonyl (C=O) groups is 1. The van der Waals surface area contributed by atoms with Crippen LogP contribution in [0.15, 0.2) is 24.3 Å². The van der Waals surface area contributed by atoms with Crippen molar-refractivity contribution in [1.29, 1.82) is 0 Å². The van der Waals surface area contributed by atoms with E-state index in [9.17, 15) is 9.18 Å². The summed E-state index contributed by atoms with van der Waals surface area (Å²) in [6, 6.07) is 7.39. The van der Waals surface area contributed by atoms with Gasteiger partial charge >= 0.3 is 0 Å². The summed E-state index contributed by atoms with van der Waals surface area (Å²) in [5.74, 6) is 0.0988. The number of amides is 1. The van der Waals surface area contributed by atoms with Crippen LogP contribution in [0, 0.1) is 11.7 Å². The fourth-order valence-electron chi connectivity index (χ4n) is 4.26. The molecule has 1 atom stereocenters. The summed E-state index contributed by atoms with van der Waals surface area (Å²) < 4.78 is 18.0. The average Bonchev–Trinajstić information content (AvgIpc) is 2.70. The van der Waals surface area contributed by atoms with Gasteiger partial charge in [0.1, 0.15) is 5.82 Å². The van der Waals surface area contributed by atoms with Gasteiger partial charge in [-0.15, -0.1) is 0 Å². The number of methoxy groups -OCH3 is 1. The van der Waals surface area contributed by atoms with Crippen molar-refractivity contribution in [3.05, 3.63) is 35.6 Å². The predicted molar refractivity (Wildman–Crippen MR) is 104 cm³/mol. The second-order valence-electron chi connectivity index (χ2n) is 7.75. The van der Waals surface area contributed by atoms with E-state index in [4.69, 9.17) is 4.74 Å². The van der Waals surface area contributed by atoms with Gasteiger partial charge in [0.15, 0.2) is 0 Å². The number of likely N-dealkylation sites (tertiary alicyclic amines) is 2. The number of carbonyl (C=O) groups excluding carboxylic acids is 1. The first-order valence-electron chi connectivity index (χ1n) is 10.1. The van der Waals surface area contributed by atoms with Crippen LogP contribution in [-0.2, 0) is 16.1 Å². The highest BCUT2D eigenvalue weighted by atomic mass is 19.1. The SMILES string of the molecule is COCCNC(=O)[C@H]1CCCN(C2CCN(Cc3ccc(F)cc3)CC2)C1. The fourth-order valence-corrected chi connectivity index (χ4v) is 4.26. The first-order chi connectivity index (χ1) is 13.2. The molecular formula is C21H32FN3O2. The molecule has 2 heterocycles. The molecule has 1 aromatic rings. The third kappa shape index (κ3) is 5.99. The Morgan fingerprint density at radius 1 is 1.19 bits per heavy atom. The Labute approximate surface area is 161 Å². The Hall–Kier alpha value is -1.50. The van der Waals surface area contributed by atoms with E-state index < -0.39 is 0 Å². The summed E-state index contributed by atoms with van der Waals surface area (Å²) in [4.78, 5) is 17.3. The van der Waals surface area contributed by atoms with Crippen molar-refractivity contribution in [2.75, 3.05) is 46.4 Å². The van der Waals surface area contributed by atoms with E-state index in [1.807, 2.05) is 12.1 Å². The fraction of sp³-hybridized carbons (Fsp3) is 0.667. The van der Waals surface area contributed by atoms with Crippen LogP contribution in [0.1, 0.15) is 31.2 Å². The van der Waals surface area contributed by atoms with E-state index in [0.29, 0.717) is 19.2 Å². The van der Waals surface area contributed by atoms with Crippen LogP contribution in [0.4, 0.5) is 4.39 Å². The summed E-state index contributed by atoms with van der Waals surface area (Å²) in [6.45, 7) is 6.14. The minimum absolute atomic E-state index is 0.104. The Kier molecular flexibility index (Phi) is 7.61. The van der Waals surface area contributed by atoms with Crippen LogP contribution < -0.4 is 5.32 Å². The van der Waals surface area contributed by atoms with Crippen LogP contribution >= 0.6 is 0 Å². The van der Waals surface area contributed by atoms with E-state index in [-0.39, 0.29) is 17.6 Å². The van der Waals surface area contributed by atoms with E-state index in [0.717, 1.165) is 58.4 Å². The normalized spacial score (nSPS) is 22.7. The maximum absolute atomic E-state index is 13.0. The number of rotatable bonds is 7. The molecule has 0 aromatic heterocycles. The van der Waals surface area contributed by atoms with E-state index in [1.54, 1.807) is 7.11 Å². The third-order valence-electron chi connectivity index (χ3n) is 5.82. The zero-order chi connectivity index (χ0) is 19.1. The maximum atomic E-state index is 13.0. The van der Waals surface area contributed by atoms with Crippen molar-refractivity contribution < 1.29 is 13.9 Å². The van der Waals surface area contributed by atoms with Gasteiger partial charge in [0.25, 0.3) is 0 Å². The topological polar surface area (TPSA) is 44.8 Å². The molecule has 0 bridgehead atoms. The minimum Gasteiger partial charge on any atom is -0.383 e. The highest BCUT2D eigenvalue weighted by molar-refractivity contribution is 5.78. The molecule has 0 saturated carbocycles. The number of piperidine rings is 2. The number of halogens is 1. The smallest absolute Gasteiger partial charge is 0.224 e. The first kappa shape index (κ1) is 20.2. The highest BCUT2D eigenvalue weighted by Crippen LogP contribution is 2.24. The molecule has 6 heteroatoms. The van der Waals surface area contributed by atoms with Gasteiger partial charge in [0, 0.05) is 32.8 Å². The van der Waals surface area contributed by atoms with Gasteiger partial charge < -0.3 is 10.1 Å². The molecule has 0 aliphatic carbocycles. The lowest BCUT2D eigenvalue weighted by molar-refractivity contribution is -0.127. The average molecular weight is 378 g/mol. The first-order valence-corrected chi connectivity index (χ1v) is 10.1. The minimum atomic E-state index is -0.177. The standard InChI is InChI=1S/C21H32FN3O2/c1-27-14-10-23-21(26)18-3-2-11-25(16-18)20-8-12-24(13-9-20)15-17-4-6-19(22)7-5-17/h4-7,18,20H,2-3,8-16H2,1H3,(H,23,26)/t18-/m0/s1. The molecule has 1 aromatic carbocycles. The molecule has 2 fully saturated rings. The zero-order valence-corrected chi connectivity index (χ0v) is 16.3. The van der Waals surface area contributed by atoms with Crippen molar-refractivity contribution in [3.8, 4) is 0 Å². The molecule has 1 amide bonds. The molecule has 0 spiro atoms. The van der Waals surface area contributed by atoms with Crippen molar-refractivity contribution in [2.45, 2.75) is 38.3 Å². The largest absolute Gasteiger partial charge is 0.383 e. The summed E-state index contributed by atoms with van der Waals surface area (Å²) in [7, 11) is 1.65. The van der Waals surface area contributed by atoms with Crippen LogP contribution in [0.3, 0.4) is 0 Å². The Bertz CT molecular complexity index is 588. The number of nitrogens with zero attached hydrogens (tertiary/aromatic N) is 2. The molecule has 0 unspecified atom stereocenters. The molecule has 27 heavy (non-hydrogen) atoms. The van der Waals surface area contributed by atoms with Crippen LogP contribution in [-0.4, -0.2) is 68.2 Å². The molecular weight excluding hydrogens is 345 g/mol. The number of hydrogen-bond acceptors (Lipinski definition) is 4. The lowest BCUT2D eigenvalue weighted by Gasteiger charge is -2.42. The molecule has 150 valence electrons. The second-order valence-corrected chi connectivity index (χ2v) is 7.75. The van der Waals surface area contributed by atoms with Crippen molar-refractivity contribution in [3.63, 3.8) is 0 Å². The number of hydrogen-bond donors (Lipinski definition) is 1.